The van der Waals surface area contributed by atoms with E-state index in [1.165, 1.54) is 19.3 Å². The number of carboxylic acid groups (broad SMARTS) is 1. The molecule has 1 unspecified atom stereocenters. The topological polar surface area (TPSA) is 108 Å². The number of rotatable bonds is 10. The van der Waals surface area contributed by atoms with Gasteiger partial charge in [0.2, 0.25) is 5.91 Å². The number of hydrogen-bond acceptors (Lipinski definition) is 5. The maximum atomic E-state index is 12.7. The molecule has 186 valence electrons. The highest BCUT2D eigenvalue weighted by Gasteiger charge is 2.30. The summed E-state index contributed by atoms with van der Waals surface area (Å²) in [4.78, 5) is 38.7. The number of carbonyl (C=O) groups excluding carboxylic acids is 2. The fraction of sp³-hybridized carbons (Fsp3) is 0.444. The van der Waals surface area contributed by atoms with Crippen LogP contribution in [0.5, 0.6) is 0 Å². The number of nitrogens with one attached hydrogen (secondary N) is 2. The Hall–Kier alpha value is -3.39. The quantitative estimate of drug-likeness (QED) is 0.482. The Kier molecular flexibility index (Phi) is 8.36. The smallest absolute Gasteiger partial charge is 0.407 e. The molecule has 1 heterocycles. The van der Waals surface area contributed by atoms with Gasteiger partial charge in [-0.1, -0.05) is 55.0 Å². The minimum Gasteiger partial charge on any atom is -0.481 e. The number of nitrogens with zero attached hydrogens (tertiary/aromatic N) is 1. The first-order valence-electron chi connectivity index (χ1n) is 12.4. The lowest BCUT2D eigenvalue weighted by Crippen LogP contribution is -2.49. The molecule has 1 atom stereocenters. The van der Waals surface area contributed by atoms with Crippen molar-refractivity contribution in [2.45, 2.75) is 44.1 Å². The van der Waals surface area contributed by atoms with E-state index in [1.54, 1.807) is 0 Å². The Morgan fingerprint density at radius 2 is 1.60 bits per heavy atom. The third-order valence-electron chi connectivity index (χ3n) is 6.78. The lowest BCUT2D eigenvalue weighted by Gasteiger charge is -2.26. The molecule has 8 nitrogen and oxygen atoms in total. The van der Waals surface area contributed by atoms with Gasteiger partial charge in [0.15, 0.2) is 0 Å². The molecule has 1 fully saturated rings. The van der Waals surface area contributed by atoms with Gasteiger partial charge in [-0.3, -0.25) is 9.59 Å². The highest BCUT2D eigenvalue weighted by atomic mass is 16.5. The van der Waals surface area contributed by atoms with E-state index in [4.69, 9.17) is 9.84 Å². The average molecular weight is 480 g/mol. The van der Waals surface area contributed by atoms with E-state index in [9.17, 15) is 14.4 Å². The van der Waals surface area contributed by atoms with Crippen LogP contribution in [0.4, 0.5) is 4.79 Å². The summed E-state index contributed by atoms with van der Waals surface area (Å²) in [7, 11) is 0. The van der Waals surface area contributed by atoms with Crippen LogP contribution in [0.15, 0.2) is 48.5 Å². The van der Waals surface area contributed by atoms with Crippen molar-refractivity contribution in [1.82, 2.24) is 15.5 Å². The van der Waals surface area contributed by atoms with E-state index < -0.39 is 24.0 Å². The second-order valence-corrected chi connectivity index (χ2v) is 9.15. The van der Waals surface area contributed by atoms with Crippen molar-refractivity contribution in [1.29, 1.82) is 0 Å². The molecule has 2 amide bonds. The summed E-state index contributed by atoms with van der Waals surface area (Å²) in [6.45, 7) is 3.37. The molecule has 2 aliphatic rings. The molecule has 0 saturated carbocycles. The summed E-state index contributed by atoms with van der Waals surface area (Å²) in [5.41, 5.74) is 4.45. The van der Waals surface area contributed by atoms with E-state index in [-0.39, 0.29) is 25.4 Å². The van der Waals surface area contributed by atoms with Crippen LogP contribution in [0.3, 0.4) is 0 Å². The van der Waals surface area contributed by atoms with E-state index in [0.29, 0.717) is 6.54 Å². The fourth-order valence-corrected chi connectivity index (χ4v) is 4.96. The van der Waals surface area contributed by atoms with Gasteiger partial charge in [0, 0.05) is 25.4 Å². The van der Waals surface area contributed by atoms with Crippen LogP contribution in [-0.2, 0) is 14.3 Å². The van der Waals surface area contributed by atoms with Crippen molar-refractivity contribution in [2.75, 3.05) is 32.8 Å². The van der Waals surface area contributed by atoms with Crippen LogP contribution in [0.25, 0.3) is 11.1 Å². The number of alkyl carbamates (subject to hydrolysis) is 1. The van der Waals surface area contributed by atoms with Gasteiger partial charge in [0.05, 0.1) is 0 Å². The van der Waals surface area contributed by atoms with Crippen LogP contribution in [0, 0.1) is 0 Å². The Morgan fingerprint density at radius 1 is 0.971 bits per heavy atom. The maximum Gasteiger partial charge on any atom is 0.407 e. The molecule has 2 aromatic rings. The standard InChI is InChI=1S/C27H33N3O5/c31-25(32)13-12-24(26(33)28-14-17-30-15-6-1-7-16-30)29-27(34)35-18-23-21-10-4-2-8-19(21)20-9-3-5-11-22(20)23/h2-5,8-11,23-24H,1,6-7,12-18H2,(H,28,33)(H,29,34)(H,31,32). The van der Waals surface area contributed by atoms with Crippen molar-refractivity contribution >= 4 is 18.0 Å². The zero-order chi connectivity index (χ0) is 24.6. The second-order valence-electron chi connectivity index (χ2n) is 9.15. The predicted octanol–water partition coefficient (Wildman–Crippen LogP) is 3.36. The first-order chi connectivity index (χ1) is 17.0. The SMILES string of the molecule is O=C(O)CCC(NC(=O)OCC1c2ccccc2-c2ccccc21)C(=O)NCCN1CCCCC1. The monoisotopic (exact) mass is 479 g/mol. The lowest BCUT2D eigenvalue weighted by molar-refractivity contribution is -0.137. The minimum atomic E-state index is -1.02. The summed E-state index contributed by atoms with van der Waals surface area (Å²) >= 11 is 0. The van der Waals surface area contributed by atoms with E-state index in [0.717, 1.165) is 41.9 Å². The number of carbonyl (C=O) groups is 3. The molecule has 1 aliphatic heterocycles. The maximum absolute atomic E-state index is 12.7. The number of piperidine rings is 1. The summed E-state index contributed by atoms with van der Waals surface area (Å²) in [6, 6.07) is 15.1. The van der Waals surface area contributed by atoms with Crippen LogP contribution >= 0.6 is 0 Å². The van der Waals surface area contributed by atoms with E-state index in [2.05, 4.69) is 27.7 Å². The van der Waals surface area contributed by atoms with Gasteiger partial charge in [-0.15, -0.1) is 0 Å². The molecule has 1 saturated heterocycles. The number of fused-ring (bicyclic) bond motifs is 3. The first-order valence-corrected chi connectivity index (χ1v) is 12.4. The molecular formula is C27H33N3O5. The number of benzene rings is 2. The van der Waals surface area contributed by atoms with Crippen molar-refractivity contribution in [3.8, 4) is 11.1 Å². The molecule has 1 aliphatic carbocycles. The number of ether oxygens (including phenoxy) is 1. The second kappa shape index (κ2) is 11.8. The number of amides is 2. The van der Waals surface area contributed by atoms with E-state index >= 15 is 0 Å². The lowest BCUT2D eigenvalue weighted by atomic mass is 9.98. The van der Waals surface area contributed by atoms with Gasteiger partial charge in [0.1, 0.15) is 12.6 Å². The van der Waals surface area contributed by atoms with Gasteiger partial charge in [0.25, 0.3) is 0 Å². The van der Waals surface area contributed by atoms with Crippen molar-refractivity contribution in [3.63, 3.8) is 0 Å². The molecule has 0 spiro atoms. The molecule has 8 heteroatoms. The van der Waals surface area contributed by atoms with Gasteiger partial charge in [-0.2, -0.15) is 0 Å². The molecule has 3 N–H and O–H groups in total. The summed E-state index contributed by atoms with van der Waals surface area (Å²) in [5.74, 6) is -1.51. The van der Waals surface area contributed by atoms with Crippen LogP contribution in [0.2, 0.25) is 0 Å². The molecule has 0 aromatic heterocycles. The highest BCUT2D eigenvalue weighted by molar-refractivity contribution is 5.86. The van der Waals surface area contributed by atoms with Crippen LogP contribution in [0.1, 0.15) is 49.1 Å². The fourth-order valence-electron chi connectivity index (χ4n) is 4.96. The van der Waals surface area contributed by atoms with Gasteiger partial charge in [-0.05, 0) is 54.6 Å². The Morgan fingerprint density at radius 3 is 2.23 bits per heavy atom. The summed E-state index contributed by atoms with van der Waals surface area (Å²) in [6.07, 6.45) is 2.61. The summed E-state index contributed by atoms with van der Waals surface area (Å²) < 4.78 is 5.54. The Bertz CT molecular complexity index is 1010. The molecular weight excluding hydrogens is 446 g/mol. The minimum absolute atomic E-state index is 0.00488. The van der Waals surface area contributed by atoms with E-state index in [1.807, 2.05) is 36.4 Å². The number of carboxylic acids is 1. The highest BCUT2D eigenvalue weighted by Crippen LogP contribution is 2.44. The normalized spacial score (nSPS) is 16.1. The van der Waals surface area contributed by atoms with Crippen LogP contribution in [-0.4, -0.2) is 66.8 Å². The van der Waals surface area contributed by atoms with Gasteiger partial charge in [-0.25, -0.2) is 4.79 Å². The Balaban J connectivity index is 1.32. The van der Waals surface area contributed by atoms with Gasteiger partial charge >= 0.3 is 12.1 Å². The third kappa shape index (κ3) is 6.39. The number of likely N-dealkylation sites (tertiary alicyclic amines) is 1. The Labute approximate surface area is 205 Å². The van der Waals surface area contributed by atoms with Crippen molar-refractivity contribution in [3.05, 3.63) is 59.7 Å². The molecule has 35 heavy (non-hydrogen) atoms. The number of aliphatic carboxylic acids is 1. The molecule has 0 radical (unpaired) electrons. The van der Waals surface area contributed by atoms with Crippen molar-refractivity contribution in [2.24, 2.45) is 0 Å². The molecule has 2 aromatic carbocycles. The van der Waals surface area contributed by atoms with Crippen molar-refractivity contribution < 1.29 is 24.2 Å². The first kappa shape index (κ1) is 24.7. The predicted molar refractivity (Wildman–Crippen MR) is 132 cm³/mol. The molecule has 4 rings (SSSR count). The third-order valence-corrected chi connectivity index (χ3v) is 6.78. The zero-order valence-electron chi connectivity index (χ0n) is 19.9. The number of hydrogen-bond donors (Lipinski definition) is 3. The summed E-state index contributed by atoms with van der Waals surface area (Å²) in [5, 5.41) is 14.5. The zero-order valence-corrected chi connectivity index (χ0v) is 19.9. The van der Waals surface area contributed by atoms with Gasteiger partial charge < -0.3 is 25.4 Å². The average Bonchev–Trinajstić information content (AvgIpc) is 3.19. The largest absolute Gasteiger partial charge is 0.481 e. The van der Waals surface area contributed by atoms with Crippen LogP contribution < -0.4 is 10.6 Å². The molecule has 0 bridgehead atoms.